The monoisotopic (exact) mass is 309 g/mol. The Hall–Kier alpha value is -1.60. The van der Waals surface area contributed by atoms with E-state index in [1.807, 2.05) is 30.5 Å². The first-order valence-electron chi connectivity index (χ1n) is 6.10. The van der Waals surface area contributed by atoms with Crippen LogP contribution in [0.3, 0.4) is 0 Å². The van der Waals surface area contributed by atoms with Crippen LogP contribution < -0.4 is 10.1 Å². The maximum Gasteiger partial charge on any atom is 0.264 e. The summed E-state index contributed by atoms with van der Waals surface area (Å²) in [7, 11) is 0. The fraction of sp³-hybridized carbons (Fsp3) is 0.308. The molecule has 1 heterocycles. The predicted octanol–water partition coefficient (Wildman–Crippen LogP) is 2.84. The molecule has 0 saturated carbocycles. The van der Waals surface area contributed by atoms with E-state index >= 15 is 0 Å². The number of benzene rings is 1. The zero-order chi connectivity index (χ0) is 14.4. The fourth-order valence-electron chi connectivity index (χ4n) is 1.50. The second-order valence-corrected chi connectivity index (χ2v) is 5.95. The molecule has 0 unspecified atom stereocenters. The van der Waals surface area contributed by atoms with Gasteiger partial charge in [-0.3, -0.25) is 10.1 Å². The molecule has 1 aromatic heterocycles. The van der Waals surface area contributed by atoms with Gasteiger partial charge in [0.05, 0.1) is 0 Å². The van der Waals surface area contributed by atoms with Crippen molar-refractivity contribution in [2.24, 2.45) is 0 Å². The molecule has 0 radical (unpaired) electrons. The summed E-state index contributed by atoms with van der Waals surface area (Å²) in [6, 6.07) is 7.72. The average Bonchev–Trinajstić information content (AvgIpc) is 2.93. The Kier molecular flexibility index (Phi) is 5.37. The summed E-state index contributed by atoms with van der Waals surface area (Å²) in [6.45, 7) is 2.03. The Morgan fingerprint density at radius 1 is 1.45 bits per heavy atom. The number of hydrogen-bond acceptors (Lipinski definition) is 6. The van der Waals surface area contributed by atoms with Crippen LogP contribution in [0.15, 0.2) is 28.6 Å². The van der Waals surface area contributed by atoms with E-state index in [2.05, 4.69) is 22.4 Å². The molecule has 7 heteroatoms. The maximum atomic E-state index is 11.7. The first-order valence-corrected chi connectivity index (χ1v) is 8.14. The normalized spacial score (nSPS) is 10.3. The van der Waals surface area contributed by atoms with E-state index < -0.39 is 0 Å². The number of rotatable bonds is 6. The van der Waals surface area contributed by atoms with E-state index in [0.29, 0.717) is 10.9 Å². The highest BCUT2D eigenvalue weighted by Crippen LogP contribution is 2.23. The lowest BCUT2D eigenvalue weighted by atomic mass is 10.2. The lowest BCUT2D eigenvalue weighted by molar-refractivity contribution is -0.118. The maximum absolute atomic E-state index is 11.7. The molecule has 0 spiro atoms. The molecule has 1 N–H and O–H groups in total. The van der Waals surface area contributed by atoms with Gasteiger partial charge in [-0.2, -0.15) is 0 Å². The van der Waals surface area contributed by atoms with Crippen molar-refractivity contribution in [2.75, 3.05) is 18.2 Å². The number of aryl methyl sites for hydroxylation is 1. The van der Waals surface area contributed by atoms with Crippen LogP contribution in [-0.4, -0.2) is 29.0 Å². The van der Waals surface area contributed by atoms with Gasteiger partial charge in [-0.15, -0.1) is 10.2 Å². The molecule has 2 aromatic rings. The number of hydrogen-bond donors (Lipinski definition) is 1. The Morgan fingerprint density at radius 3 is 3.00 bits per heavy atom. The summed E-state index contributed by atoms with van der Waals surface area (Å²) in [5.41, 5.74) is 1.18. The van der Waals surface area contributed by atoms with Crippen molar-refractivity contribution < 1.29 is 9.53 Å². The average molecular weight is 309 g/mol. The van der Waals surface area contributed by atoms with Crippen molar-refractivity contribution >= 4 is 34.1 Å². The lowest BCUT2D eigenvalue weighted by Gasteiger charge is -2.06. The molecule has 20 heavy (non-hydrogen) atoms. The van der Waals surface area contributed by atoms with Gasteiger partial charge in [0.25, 0.3) is 5.91 Å². The van der Waals surface area contributed by atoms with Gasteiger partial charge in [0.1, 0.15) is 5.75 Å². The highest BCUT2D eigenvalue weighted by molar-refractivity contribution is 8.00. The topological polar surface area (TPSA) is 64.1 Å². The molecule has 0 fully saturated rings. The molecule has 0 saturated heterocycles. The number of carbonyl (C=O) groups excluding carboxylic acids is 1. The van der Waals surface area contributed by atoms with E-state index in [-0.39, 0.29) is 12.5 Å². The molecule has 0 aliphatic carbocycles. The Labute approximate surface area is 125 Å². The van der Waals surface area contributed by atoms with Crippen LogP contribution in [0.1, 0.15) is 12.5 Å². The smallest absolute Gasteiger partial charge is 0.264 e. The molecular formula is C13H15N3O2S2. The van der Waals surface area contributed by atoms with Gasteiger partial charge in [-0.05, 0) is 30.4 Å². The van der Waals surface area contributed by atoms with Crippen LogP contribution in [0, 0.1) is 0 Å². The number of ether oxygens (including phenoxy) is 1. The quantitative estimate of drug-likeness (QED) is 0.656. The van der Waals surface area contributed by atoms with Crippen LogP contribution in [0.4, 0.5) is 5.13 Å². The van der Waals surface area contributed by atoms with Gasteiger partial charge in [0.15, 0.2) is 10.9 Å². The SMILES string of the molecule is CCc1cccc(OCC(=O)Nc2nnc(SC)s2)c1. The van der Waals surface area contributed by atoms with E-state index in [9.17, 15) is 4.79 Å². The number of nitrogens with zero attached hydrogens (tertiary/aromatic N) is 2. The molecule has 0 aliphatic rings. The Bertz CT molecular complexity index is 587. The number of nitrogens with one attached hydrogen (secondary N) is 1. The van der Waals surface area contributed by atoms with Gasteiger partial charge in [0.2, 0.25) is 5.13 Å². The van der Waals surface area contributed by atoms with E-state index in [1.165, 1.54) is 28.7 Å². The summed E-state index contributed by atoms with van der Waals surface area (Å²) in [5, 5.41) is 10.9. The minimum absolute atomic E-state index is 0.0403. The highest BCUT2D eigenvalue weighted by Gasteiger charge is 2.08. The summed E-state index contributed by atoms with van der Waals surface area (Å²) >= 11 is 2.84. The number of thioether (sulfide) groups is 1. The summed E-state index contributed by atoms with van der Waals surface area (Å²) < 4.78 is 6.27. The second-order valence-electron chi connectivity index (χ2n) is 3.92. The molecule has 0 aliphatic heterocycles. The van der Waals surface area contributed by atoms with E-state index in [4.69, 9.17) is 4.74 Å². The second kappa shape index (κ2) is 7.25. The third kappa shape index (κ3) is 4.21. The Morgan fingerprint density at radius 2 is 2.30 bits per heavy atom. The van der Waals surface area contributed by atoms with Crippen LogP contribution in [0.5, 0.6) is 5.75 Å². The first kappa shape index (κ1) is 14.8. The van der Waals surface area contributed by atoms with Crippen molar-refractivity contribution in [1.29, 1.82) is 0 Å². The number of carbonyl (C=O) groups is 1. The predicted molar refractivity (Wildman–Crippen MR) is 81.6 cm³/mol. The minimum Gasteiger partial charge on any atom is -0.484 e. The third-order valence-corrected chi connectivity index (χ3v) is 4.32. The fourth-order valence-corrected chi connectivity index (χ4v) is 2.69. The number of amides is 1. The molecule has 5 nitrogen and oxygen atoms in total. The summed E-state index contributed by atoms with van der Waals surface area (Å²) in [6.07, 6.45) is 2.85. The van der Waals surface area contributed by atoms with E-state index in [1.54, 1.807) is 0 Å². The van der Waals surface area contributed by atoms with Crippen LogP contribution in [0.2, 0.25) is 0 Å². The van der Waals surface area contributed by atoms with Crippen LogP contribution in [0.25, 0.3) is 0 Å². The van der Waals surface area contributed by atoms with Gasteiger partial charge >= 0.3 is 0 Å². The Balaban J connectivity index is 1.85. The van der Waals surface area contributed by atoms with Gasteiger partial charge in [-0.25, -0.2) is 0 Å². The molecule has 2 rings (SSSR count). The van der Waals surface area contributed by atoms with E-state index in [0.717, 1.165) is 10.8 Å². The zero-order valence-electron chi connectivity index (χ0n) is 11.3. The standard InChI is InChI=1S/C13H15N3O2S2/c1-3-9-5-4-6-10(7-9)18-8-11(17)14-12-15-16-13(19-2)20-12/h4-7H,3,8H2,1-2H3,(H,14,15,17). The molecular weight excluding hydrogens is 294 g/mol. The van der Waals surface area contributed by atoms with Gasteiger partial charge in [-0.1, -0.05) is 42.2 Å². The van der Waals surface area contributed by atoms with Crippen molar-refractivity contribution in [1.82, 2.24) is 10.2 Å². The third-order valence-electron chi connectivity index (χ3n) is 2.50. The number of aromatic nitrogens is 2. The molecule has 106 valence electrons. The van der Waals surface area contributed by atoms with Crippen molar-refractivity contribution in [2.45, 2.75) is 17.7 Å². The summed E-state index contributed by atoms with van der Waals surface area (Å²) in [5.74, 6) is 0.456. The minimum atomic E-state index is -0.240. The van der Waals surface area contributed by atoms with Crippen LogP contribution in [-0.2, 0) is 11.2 Å². The zero-order valence-corrected chi connectivity index (χ0v) is 12.9. The first-order chi connectivity index (χ1) is 9.71. The van der Waals surface area contributed by atoms with Crippen molar-refractivity contribution in [3.63, 3.8) is 0 Å². The summed E-state index contributed by atoms with van der Waals surface area (Å²) in [4.78, 5) is 11.7. The molecule has 0 atom stereocenters. The van der Waals surface area contributed by atoms with Crippen LogP contribution >= 0.6 is 23.1 Å². The molecule has 1 amide bonds. The van der Waals surface area contributed by atoms with Crippen molar-refractivity contribution in [3.05, 3.63) is 29.8 Å². The number of anilines is 1. The largest absolute Gasteiger partial charge is 0.484 e. The molecule has 0 bridgehead atoms. The lowest BCUT2D eigenvalue weighted by Crippen LogP contribution is -2.20. The highest BCUT2D eigenvalue weighted by atomic mass is 32.2. The molecule has 1 aromatic carbocycles. The van der Waals surface area contributed by atoms with Gasteiger partial charge < -0.3 is 4.74 Å². The van der Waals surface area contributed by atoms with Gasteiger partial charge in [0, 0.05) is 0 Å². The van der Waals surface area contributed by atoms with Crippen molar-refractivity contribution in [3.8, 4) is 5.75 Å².